The van der Waals surface area contributed by atoms with Gasteiger partial charge in [0.25, 0.3) is 21.8 Å². The van der Waals surface area contributed by atoms with E-state index in [1.165, 1.54) is 30.3 Å². The van der Waals surface area contributed by atoms with Crippen LogP contribution in [-0.2, 0) is 19.6 Å². The molecule has 0 fully saturated rings. The number of para-hydroxylation sites is 2. The predicted molar refractivity (Wildman–Crippen MR) is 104 cm³/mol. The number of carbonyl (C=O) groups is 2. The third-order valence-corrected chi connectivity index (χ3v) is 5.58. The number of nitrogens with zero attached hydrogens (tertiary/aromatic N) is 1. The number of benzene rings is 2. The summed E-state index contributed by atoms with van der Waals surface area (Å²) in [6.45, 7) is 2.06. The molecule has 0 unspecified atom stereocenters. The Labute approximate surface area is 166 Å². The van der Waals surface area contributed by atoms with Crippen molar-refractivity contribution < 1.29 is 22.7 Å². The molecule has 0 saturated heterocycles. The van der Waals surface area contributed by atoms with E-state index in [2.05, 4.69) is 4.72 Å². The molecule has 0 atom stereocenters. The molecule has 0 aromatic heterocycles. The van der Waals surface area contributed by atoms with Crippen LogP contribution in [-0.4, -0.2) is 26.8 Å². The monoisotopic (exact) mass is 421 g/mol. The van der Waals surface area contributed by atoms with Gasteiger partial charge in [0, 0.05) is 5.69 Å². The van der Waals surface area contributed by atoms with E-state index in [1.54, 1.807) is 25.1 Å². The number of ether oxygens (including phenoxy) is 1. The summed E-state index contributed by atoms with van der Waals surface area (Å²) in [5.74, 6) is -1.46. The minimum Gasteiger partial charge on any atom is -0.492 e. The van der Waals surface area contributed by atoms with Crippen molar-refractivity contribution in [2.24, 2.45) is 0 Å². The van der Waals surface area contributed by atoms with Crippen molar-refractivity contribution in [3.8, 4) is 5.75 Å². The van der Waals surface area contributed by atoms with Crippen LogP contribution in [0.3, 0.4) is 0 Å². The molecule has 8 nitrogen and oxygen atoms in total. The van der Waals surface area contributed by atoms with E-state index in [0.29, 0.717) is 18.0 Å². The van der Waals surface area contributed by atoms with Crippen LogP contribution in [0.15, 0.2) is 64.2 Å². The van der Waals surface area contributed by atoms with Gasteiger partial charge in [0.1, 0.15) is 16.5 Å². The van der Waals surface area contributed by atoms with Crippen molar-refractivity contribution in [2.45, 2.75) is 11.8 Å². The lowest BCUT2D eigenvalue weighted by atomic mass is 10.2. The molecule has 10 heteroatoms. The van der Waals surface area contributed by atoms with Crippen molar-refractivity contribution in [1.29, 1.82) is 0 Å². The maximum atomic E-state index is 12.8. The fourth-order valence-electron chi connectivity index (χ4n) is 2.57. The average Bonchev–Trinajstić information content (AvgIpc) is 2.86. The van der Waals surface area contributed by atoms with Gasteiger partial charge in [-0.05, 0) is 43.3 Å². The zero-order chi connectivity index (χ0) is 20.5. The summed E-state index contributed by atoms with van der Waals surface area (Å²) in [5, 5.41) is -0.532. The average molecular weight is 422 g/mol. The van der Waals surface area contributed by atoms with Gasteiger partial charge in [0.15, 0.2) is 0 Å². The number of rotatable bonds is 6. The second-order valence-electron chi connectivity index (χ2n) is 5.71. The number of carbonyl (C=O) groups excluding carboxylic acids is 2. The Bertz CT molecular complexity index is 1080. The van der Waals surface area contributed by atoms with E-state index in [-0.39, 0.29) is 10.6 Å². The fourth-order valence-corrected chi connectivity index (χ4v) is 3.91. The van der Waals surface area contributed by atoms with Crippen LogP contribution in [0.25, 0.3) is 0 Å². The Kier molecular flexibility index (Phi) is 5.30. The molecular weight excluding hydrogens is 406 g/mol. The topological polar surface area (TPSA) is 119 Å². The maximum absolute atomic E-state index is 12.8. The van der Waals surface area contributed by atoms with E-state index >= 15 is 0 Å². The molecule has 3 rings (SSSR count). The van der Waals surface area contributed by atoms with Gasteiger partial charge < -0.3 is 10.5 Å². The zero-order valence-electron chi connectivity index (χ0n) is 14.7. The van der Waals surface area contributed by atoms with Gasteiger partial charge in [-0.3, -0.25) is 14.3 Å². The first kappa shape index (κ1) is 19.7. The molecule has 3 N–H and O–H groups in total. The molecule has 1 aliphatic rings. The van der Waals surface area contributed by atoms with E-state index in [0.717, 1.165) is 4.90 Å². The van der Waals surface area contributed by atoms with Crippen LogP contribution in [0.2, 0.25) is 0 Å². The number of nitrogen functional groups attached to an aromatic ring is 1. The molecule has 0 saturated carbocycles. The minimum atomic E-state index is -4.15. The van der Waals surface area contributed by atoms with Crippen molar-refractivity contribution in [3.63, 3.8) is 0 Å². The first-order valence-electron chi connectivity index (χ1n) is 8.15. The molecule has 1 aliphatic heterocycles. The van der Waals surface area contributed by atoms with E-state index < -0.39 is 32.6 Å². The molecule has 1 heterocycles. The molecular formula is C18H16ClN3O5S. The molecule has 146 valence electrons. The number of hydrogen-bond donors (Lipinski definition) is 2. The highest BCUT2D eigenvalue weighted by Gasteiger charge is 2.41. The third kappa shape index (κ3) is 3.54. The van der Waals surface area contributed by atoms with Gasteiger partial charge in [-0.2, -0.15) is 0 Å². The van der Waals surface area contributed by atoms with Crippen LogP contribution in [0.1, 0.15) is 6.92 Å². The number of sulfonamides is 1. The van der Waals surface area contributed by atoms with Gasteiger partial charge in [0.2, 0.25) is 0 Å². The highest BCUT2D eigenvalue weighted by molar-refractivity contribution is 7.89. The SMILES string of the molecule is CCOc1ccccc1N1C(=O)C(Cl)=C(NS(=O)(=O)c2ccc(N)cc2)C1=O. The second-order valence-corrected chi connectivity index (χ2v) is 7.77. The maximum Gasteiger partial charge on any atom is 0.284 e. The van der Waals surface area contributed by atoms with Gasteiger partial charge in [-0.1, -0.05) is 23.7 Å². The highest BCUT2D eigenvalue weighted by atomic mass is 35.5. The molecule has 0 radical (unpaired) electrons. The number of nitrogens with two attached hydrogens (primary N) is 1. The normalized spacial score (nSPS) is 14.6. The molecule has 28 heavy (non-hydrogen) atoms. The minimum absolute atomic E-state index is 0.132. The van der Waals surface area contributed by atoms with Crippen molar-refractivity contribution in [1.82, 2.24) is 4.72 Å². The first-order valence-corrected chi connectivity index (χ1v) is 10.0. The van der Waals surface area contributed by atoms with Crippen LogP contribution in [0, 0.1) is 0 Å². The molecule has 0 bridgehead atoms. The van der Waals surface area contributed by atoms with Crippen LogP contribution >= 0.6 is 11.6 Å². The van der Waals surface area contributed by atoms with Crippen molar-refractivity contribution in [3.05, 3.63) is 59.3 Å². The van der Waals surface area contributed by atoms with Crippen LogP contribution < -0.4 is 20.1 Å². The van der Waals surface area contributed by atoms with Crippen molar-refractivity contribution in [2.75, 3.05) is 17.2 Å². The summed E-state index contributed by atoms with van der Waals surface area (Å²) < 4.78 is 32.7. The summed E-state index contributed by atoms with van der Waals surface area (Å²) in [5.41, 5.74) is 5.56. The van der Waals surface area contributed by atoms with Gasteiger partial charge in [-0.15, -0.1) is 0 Å². The Morgan fingerprint density at radius 1 is 1.07 bits per heavy atom. The molecule has 2 aromatic rings. The molecule has 0 spiro atoms. The lowest BCUT2D eigenvalue weighted by Crippen LogP contribution is -2.35. The number of amides is 2. The van der Waals surface area contributed by atoms with E-state index in [9.17, 15) is 18.0 Å². The van der Waals surface area contributed by atoms with Crippen LogP contribution in [0.4, 0.5) is 11.4 Å². The Morgan fingerprint density at radius 3 is 2.36 bits per heavy atom. The molecule has 2 aromatic carbocycles. The number of halogens is 1. The zero-order valence-corrected chi connectivity index (χ0v) is 16.3. The molecule has 2 amide bonds. The summed E-state index contributed by atoms with van der Waals surface area (Å²) in [6.07, 6.45) is 0. The lowest BCUT2D eigenvalue weighted by molar-refractivity contribution is -0.120. The number of hydrogen-bond acceptors (Lipinski definition) is 6. The summed E-state index contributed by atoms with van der Waals surface area (Å²) in [7, 11) is -4.15. The predicted octanol–water partition coefficient (Wildman–Crippen LogP) is 1.97. The third-order valence-electron chi connectivity index (χ3n) is 3.86. The standard InChI is InChI=1S/C18H16ClN3O5S/c1-2-27-14-6-4-3-5-13(14)22-17(23)15(19)16(18(22)24)21-28(25,26)12-9-7-11(20)8-10-12/h3-10,21H,2,20H2,1H3. The summed E-state index contributed by atoms with van der Waals surface area (Å²) >= 11 is 6.00. The second kappa shape index (κ2) is 7.53. The number of anilines is 2. The van der Waals surface area contributed by atoms with Gasteiger partial charge in [0.05, 0.1) is 17.2 Å². The fraction of sp³-hybridized carbons (Fsp3) is 0.111. The highest BCUT2D eigenvalue weighted by Crippen LogP contribution is 2.35. The quantitative estimate of drug-likeness (QED) is 0.543. The Hall–Kier alpha value is -3.04. The van der Waals surface area contributed by atoms with Gasteiger partial charge in [-0.25, -0.2) is 13.3 Å². The number of nitrogens with one attached hydrogen (secondary N) is 1. The van der Waals surface area contributed by atoms with Gasteiger partial charge >= 0.3 is 0 Å². The Morgan fingerprint density at radius 2 is 1.71 bits per heavy atom. The number of imide groups is 1. The lowest BCUT2D eigenvalue weighted by Gasteiger charge is -2.18. The van der Waals surface area contributed by atoms with E-state index in [4.69, 9.17) is 22.1 Å². The van der Waals surface area contributed by atoms with Crippen molar-refractivity contribution >= 4 is 44.8 Å². The largest absolute Gasteiger partial charge is 0.492 e. The first-order chi connectivity index (χ1) is 13.3. The van der Waals surface area contributed by atoms with E-state index in [1.807, 2.05) is 0 Å². The smallest absolute Gasteiger partial charge is 0.284 e. The van der Waals surface area contributed by atoms with Crippen LogP contribution in [0.5, 0.6) is 5.75 Å². The summed E-state index contributed by atoms with van der Waals surface area (Å²) in [4.78, 5) is 26.0. The summed E-state index contributed by atoms with van der Waals surface area (Å²) in [6, 6.07) is 11.7. The molecule has 0 aliphatic carbocycles. The Balaban J connectivity index is 1.95.